The second kappa shape index (κ2) is 9.50. The van der Waals surface area contributed by atoms with E-state index in [0.29, 0.717) is 12.1 Å². The second-order valence-corrected chi connectivity index (χ2v) is 5.19. The Labute approximate surface area is 119 Å². The Morgan fingerprint density at radius 1 is 1.32 bits per heavy atom. The number of benzene rings is 1. The van der Waals surface area contributed by atoms with Gasteiger partial charge in [-0.1, -0.05) is 6.08 Å². The lowest BCUT2D eigenvalue weighted by Crippen LogP contribution is -2.23. The molecule has 3 nitrogen and oxygen atoms in total. The molecule has 1 amide bonds. The minimum absolute atomic E-state index is 0.0635. The Bertz CT molecular complexity index is 390. The molecule has 0 aliphatic rings. The lowest BCUT2D eigenvalue weighted by atomic mass is 10.2. The summed E-state index contributed by atoms with van der Waals surface area (Å²) < 4.78 is 0. The molecular formula is C15H22N2OS. The highest BCUT2D eigenvalue weighted by atomic mass is 32.2. The Morgan fingerprint density at radius 3 is 2.68 bits per heavy atom. The van der Waals surface area contributed by atoms with Crippen molar-refractivity contribution in [3.05, 3.63) is 42.5 Å². The van der Waals surface area contributed by atoms with Crippen LogP contribution in [0.4, 0.5) is 5.69 Å². The van der Waals surface area contributed by atoms with Crippen LogP contribution in [0.2, 0.25) is 0 Å². The van der Waals surface area contributed by atoms with Crippen molar-refractivity contribution in [3.8, 4) is 0 Å². The van der Waals surface area contributed by atoms with Gasteiger partial charge in [0.05, 0.1) is 0 Å². The van der Waals surface area contributed by atoms with Crippen molar-refractivity contribution in [3.63, 3.8) is 0 Å². The topological polar surface area (TPSA) is 41.1 Å². The van der Waals surface area contributed by atoms with E-state index in [-0.39, 0.29) is 5.91 Å². The predicted molar refractivity (Wildman–Crippen MR) is 85.1 cm³/mol. The van der Waals surface area contributed by atoms with Gasteiger partial charge in [0.15, 0.2) is 0 Å². The molecule has 0 bridgehead atoms. The minimum atomic E-state index is -0.0635. The summed E-state index contributed by atoms with van der Waals surface area (Å²) in [5.74, 6) is 1.15. The van der Waals surface area contributed by atoms with Crippen LogP contribution in [0.15, 0.2) is 36.9 Å². The summed E-state index contributed by atoms with van der Waals surface area (Å²) >= 11 is 1.88. The number of rotatable bonds is 9. The van der Waals surface area contributed by atoms with Crippen molar-refractivity contribution in [1.82, 2.24) is 5.32 Å². The molecular weight excluding hydrogens is 256 g/mol. The molecule has 2 N–H and O–H groups in total. The summed E-state index contributed by atoms with van der Waals surface area (Å²) in [5.41, 5.74) is 1.74. The summed E-state index contributed by atoms with van der Waals surface area (Å²) in [4.78, 5) is 11.7. The number of carbonyl (C=O) groups is 1. The number of anilines is 1. The lowest BCUT2D eigenvalue weighted by Gasteiger charge is -2.07. The van der Waals surface area contributed by atoms with Crippen LogP contribution in [0, 0.1) is 0 Å². The highest BCUT2D eigenvalue weighted by Gasteiger charge is 2.03. The van der Waals surface area contributed by atoms with Gasteiger partial charge in [0, 0.05) is 24.3 Å². The van der Waals surface area contributed by atoms with Gasteiger partial charge >= 0.3 is 0 Å². The van der Waals surface area contributed by atoms with Crippen LogP contribution in [0.5, 0.6) is 0 Å². The summed E-state index contributed by atoms with van der Waals surface area (Å²) in [7, 11) is 0. The summed E-state index contributed by atoms with van der Waals surface area (Å²) in [6.07, 6.45) is 6.20. The van der Waals surface area contributed by atoms with Crippen molar-refractivity contribution in [2.24, 2.45) is 0 Å². The Balaban J connectivity index is 2.34. The molecule has 19 heavy (non-hydrogen) atoms. The van der Waals surface area contributed by atoms with E-state index in [1.54, 1.807) is 6.08 Å². The van der Waals surface area contributed by atoms with Gasteiger partial charge in [-0.3, -0.25) is 4.79 Å². The van der Waals surface area contributed by atoms with Gasteiger partial charge < -0.3 is 10.6 Å². The molecule has 0 atom stereocenters. The molecule has 0 spiro atoms. The van der Waals surface area contributed by atoms with Gasteiger partial charge in [0.1, 0.15) is 0 Å². The molecule has 4 heteroatoms. The van der Waals surface area contributed by atoms with E-state index in [4.69, 9.17) is 0 Å². The van der Waals surface area contributed by atoms with E-state index in [2.05, 4.69) is 23.5 Å². The quantitative estimate of drug-likeness (QED) is 0.538. The molecule has 0 radical (unpaired) electrons. The van der Waals surface area contributed by atoms with Gasteiger partial charge in [-0.2, -0.15) is 11.8 Å². The summed E-state index contributed by atoms with van der Waals surface area (Å²) in [6, 6.07) is 7.56. The summed E-state index contributed by atoms with van der Waals surface area (Å²) in [6.45, 7) is 5.04. The van der Waals surface area contributed by atoms with Gasteiger partial charge in [-0.15, -0.1) is 6.58 Å². The molecule has 0 aromatic heterocycles. The smallest absolute Gasteiger partial charge is 0.251 e. The summed E-state index contributed by atoms with van der Waals surface area (Å²) in [5, 5.41) is 6.11. The van der Waals surface area contributed by atoms with Crippen LogP contribution >= 0.6 is 11.8 Å². The molecule has 0 saturated heterocycles. The third-order valence-corrected chi connectivity index (χ3v) is 3.36. The highest BCUT2D eigenvalue weighted by Crippen LogP contribution is 2.10. The molecule has 0 unspecified atom stereocenters. The fourth-order valence-corrected chi connectivity index (χ4v) is 2.10. The standard InChI is InChI=1S/C15H22N2OS/c1-3-10-17-15(18)13-6-8-14(9-7-13)16-11-4-5-12-19-2/h3,6-9,16H,1,4-5,10-12H2,2H3,(H,17,18). The number of thioether (sulfide) groups is 1. The number of hydrogen-bond acceptors (Lipinski definition) is 3. The van der Waals surface area contributed by atoms with Crippen LogP contribution in [0.1, 0.15) is 23.2 Å². The van der Waals surface area contributed by atoms with Gasteiger partial charge in [0.25, 0.3) is 5.91 Å². The maximum atomic E-state index is 11.7. The van der Waals surface area contributed by atoms with Crippen LogP contribution in [-0.4, -0.2) is 31.0 Å². The average molecular weight is 278 g/mol. The van der Waals surface area contributed by atoms with Crippen LogP contribution < -0.4 is 10.6 Å². The number of amides is 1. The van der Waals surface area contributed by atoms with E-state index < -0.39 is 0 Å². The number of hydrogen-bond donors (Lipinski definition) is 2. The molecule has 0 saturated carbocycles. The number of carbonyl (C=O) groups excluding carboxylic acids is 1. The molecule has 104 valence electrons. The zero-order chi connectivity index (χ0) is 13.9. The zero-order valence-corrected chi connectivity index (χ0v) is 12.3. The van der Waals surface area contributed by atoms with E-state index in [9.17, 15) is 4.79 Å². The van der Waals surface area contributed by atoms with Gasteiger partial charge in [-0.05, 0) is 49.1 Å². The largest absolute Gasteiger partial charge is 0.385 e. The average Bonchev–Trinajstić information content (AvgIpc) is 2.45. The maximum Gasteiger partial charge on any atom is 0.251 e. The third-order valence-electron chi connectivity index (χ3n) is 2.66. The Morgan fingerprint density at radius 2 is 2.05 bits per heavy atom. The zero-order valence-electron chi connectivity index (χ0n) is 11.4. The molecule has 0 aliphatic carbocycles. The molecule has 0 aliphatic heterocycles. The normalized spacial score (nSPS) is 9.95. The lowest BCUT2D eigenvalue weighted by molar-refractivity contribution is 0.0958. The highest BCUT2D eigenvalue weighted by molar-refractivity contribution is 7.98. The van der Waals surface area contributed by atoms with Crippen LogP contribution in [0.25, 0.3) is 0 Å². The SMILES string of the molecule is C=CCNC(=O)c1ccc(NCCCCSC)cc1. The fourth-order valence-electron chi connectivity index (χ4n) is 1.61. The molecule has 1 aromatic carbocycles. The van der Waals surface area contributed by atoms with E-state index in [1.165, 1.54) is 18.6 Å². The molecule has 0 fully saturated rings. The van der Waals surface area contributed by atoms with Crippen molar-refractivity contribution < 1.29 is 4.79 Å². The van der Waals surface area contributed by atoms with E-state index >= 15 is 0 Å². The van der Waals surface area contributed by atoms with Gasteiger partial charge in [0.2, 0.25) is 0 Å². The monoisotopic (exact) mass is 278 g/mol. The fraction of sp³-hybridized carbons (Fsp3) is 0.400. The minimum Gasteiger partial charge on any atom is -0.385 e. The molecule has 1 aromatic rings. The van der Waals surface area contributed by atoms with Crippen LogP contribution in [-0.2, 0) is 0 Å². The molecule has 1 rings (SSSR count). The maximum absolute atomic E-state index is 11.7. The molecule has 0 heterocycles. The van der Waals surface area contributed by atoms with Crippen LogP contribution in [0.3, 0.4) is 0 Å². The van der Waals surface area contributed by atoms with Crippen molar-refractivity contribution in [1.29, 1.82) is 0 Å². The first-order chi connectivity index (χ1) is 9.27. The number of unbranched alkanes of at least 4 members (excludes halogenated alkanes) is 1. The Hall–Kier alpha value is -1.42. The predicted octanol–water partition coefficient (Wildman–Crippen LogP) is 3.16. The van der Waals surface area contributed by atoms with Crippen molar-refractivity contribution in [2.45, 2.75) is 12.8 Å². The van der Waals surface area contributed by atoms with Crippen molar-refractivity contribution >= 4 is 23.4 Å². The van der Waals surface area contributed by atoms with E-state index in [0.717, 1.165) is 12.2 Å². The number of nitrogens with one attached hydrogen (secondary N) is 2. The third kappa shape index (κ3) is 6.34. The van der Waals surface area contributed by atoms with Crippen molar-refractivity contribution in [2.75, 3.05) is 30.4 Å². The Kier molecular flexibility index (Phi) is 7.82. The first kappa shape index (κ1) is 15.6. The second-order valence-electron chi connectivity index (χ2n) is 4.20. The first-order valence-corrected chi connectivity index (χ1v) is 7.89. The van der Waals surface area contributed by atoms with Gasteiger partial charge in [-0.25, -0.2) is 0 Å². The van der Waals surface area contributed by atoms with E-state index in [1.807, 2.05) is 36.0 Å². The first-order valence-electron chi connectivity index (χ1n) is 6.50.